The fourth-order valence-corrected chi connectivity index (χ4v) is 0.817. The molecule has 11 heavy (non-hydrogen) atoms. The Labute approximate surface area is 79.7 Å². The fourth-order valence-electron chi connectivity index (χ4n) is 0.500. The summed E-state index contributed by atoms with van der Waals surface area (Å²) in [5.41, 5.74) is 0. The number of carbonyl (C=O) groups is 1. The molecule has 4 heteroatoms. The van der Waals surface area contributed by atoms with Gasteiger partial charge in [-0.05, 0) is 20.3 Å². The van der Waals surface area contributed by atoms with E-state index in [1.54, 1.807) is 0 Å². The summed E-state index contributed by atoms with van der Waals surface area (Å²) < 4.78 is -0.446. The maximum absolute atomic E-state index is 11.2. The van der Waals surface area contributed by atoms with Crippen LogP contribution in [0.25, 0.3) is 0 Å². The zero-order chi connectivity index (χ0) is 8.91. The second kappa shape index (κ2) is 4.93. The highest BCUT2D eigenvalue weighted by Crippen LogP contribution is 2.14. The number of halogens is 1. The predicted molar refractivity (Wildman–Crippen MR) is 51.2 cm³/mol. The third kappa shape index (κ3) is 5.44. The predicted octanol–water partition coefficient (Wildman–Crippen LogP) is 1.25. The zero-order valence-electron chi connectivity index (χ0n) is 6.91. The SMILES string of the molecule is CC(C)(Br)C(=O)NCCC[Si]. The Morgan fingerprint density at radius 3 is 2.55 bits per heavy atom. The van der Waals surface area contributed by atoms with E-state index in [0.29, 0.717) is 0 Å². The molecule has 0 spiro atoms. The second-order valence-electron chi connectivity index (χ2n) is 2.83. The van der Waals surface area contributed by atoms with E-state index in [4.69, 9.17) is 0 Å². The van der Waals surface area contributed by atoms with Gasteiger partial charge in [0.15, 0.2) is 0 Å². The quantitative estimate of drug-likeness (QED) is 0.443. The van der Waals surface area contributed by atoms with E-state index in [9.17, 15) is 4.79 Å². The zero-order valence-corrected chi connectivity index (χ0v) is 9.49. The van der Waals surface area contributed by atoms with Crippen LogP contribution in [0.15, 0.2) is 0 Å². The molecule has 0 atom stereocenters. The average molecular weight is 235 g/mol. The molecule has 0 saturated carbocycles. The Bertz CT molecular complexity index is 133. The van der Waals surface area contributed by atoms with E-state index >= 15 is 0 Å². The molecule has 3 radical (unpaired) electrons. The lowest BCUT2D eigenvalue weighted by Gasteiger charge is -2.15. The Balaban J connectivity index is 3.54. The standard InChI is InChI=1S/C7H13BrNOSi/c1-7(2,8)6(10)9-4-3-5-11/h3-5H2,1-2H3,(H,9,10). The number of carbonyl (C=O) groups excluding carboxylic acids is 1. The molecule has 0 aromatic rings. The fraction of sp³-hybridized carbons (Fsp3) is 0.857. The number of rotatable bonds is 4. The largest absolute Gasteiger partial charge is 0.355 e. The molecule has 0 rings (SSSR count). The van der Waals surface area contributed by atoms with Crippen LogP contribution < -0.4 is 5.32 Å². The summed E-state index contributed by atoms with van der Waals surface area (Å²) in [5.74, 6) is 0.0395. The molecule has 2 nitrogen and oxygen atoms in total. The van der Waals surface area contributed by atoms with E-state index in [1.165, 1.54) is 0 Å². The van der Waals surface area contributed by atoms with Crippen molar-refractivity contribution in [3.8, 4) is 0 Å². The third-order valence-corrected chi connectivity index (χ3v) is 1.89. The van der Waals surface area contributed by atoms with Crippen LogP contribution in [-0.4, -0.2) is 27.0 Å². The third-order valence-electron chi connectivity index (χ3n) is 1.18. The summed E-state index contributed by atoms with van der Waals surface area (Å²) in [6, 6.07) is 0.920. The number of nitrogens with one attached hydrogen (secondary N) is 1. The lowest BCUT2D eigenvalue weighted by Crippen LogP contribution is -2.37. The van der Waals surface area contributed by atoms with Crippen molar-refractivity contribution in [1.82, 2.24) is 5.32 Å². The van der Waals surface area contributed by atoms with Gasteiger partial charge in [-0.15, -0.1) is 0 Å². The summed E-state index contributed by atoms with van der Waals surface area (Å²) in [5, 5.41) is 2.81. The molecule has 0 fully saturated rings. The maximum Gasteiger partial charge on any atom is 0.236 e. The molecule has 0 bridgehead atoms. The minimum Gasteiger partial charge on any atom is -0.355 e. The van der Waals surface area contributed by atoms with E-state index in [1.807, 2.05) is 13.8 Å². The van der Waals surface area contributed by atoms with Crippen LogP contribution in [0, 0.1) is 0 Å². The average Bonchev–Trinajstić information content (AvgIpc) is 1.86. The van der Waals surface area contributed by atoms with Gasteiger partial charge in [0, 0.05) is 16.8 Å². The van der Waals surface area contributed by atoms with Gasteiger partial charge < -0.3 is 5.32 Å². The van der Waals surface area contributed by atoms with Gasteiger partial charge in [0.1, 0.15) is 0 Å². The molecular formula is C7H13BrNOSi. The Morgan fingerprint density at radius 2 is 2.18 bits per heavy atom. The van der Waals surface area contributed by atoms with E-state index < -0.39 is 4.32 Å². The summed E-state index contributed by atoms with van der Waals surface area (Å²) in [6.07, 6.45) is 0.964. The van der Waals surface area contributed by atoms with Crippen molar-refractivity contribution in [3.05, 3.63) is 0 Å². The molecule has 0 aliphatic heterocycles. The minimum atomic E-state index is -0.446. The topological polar surface area (TPSA) is 29.1 Å². The second-order valence-corrected chi connectivity index (χ2v) is 5.31. The summed E-state index contributed by atoms with van der Waals surface area (Å²) in [6.45, 7) is 4.39. The van der Waals surface area contributed by atoms with Crippen molar-refractivity contribution < 1.29 is 4.79 Å². The van der Waals surface area contributed by atoms with Crippen LogP contribution in [0.4, 0.5) is 0 Å². The molecular weight excluding hydrogens is 222 g/mol. The molecule has 63 valence electrons. The molecule has 0 heterocycles. The van der Waals surface area contributed by atoms with Gasteiger partial charge in [-0.3, -0.25) is 4.79 Å². The van der Waals surface area contributed by atoms with Crippen molar-refractivity contribution >= 4 is 32.1 Å². The van der Waals surface area contributed by atoms with Crippen LogP contribution in [0.3, 0.4) is 0 Å². The highest BCUT2D eigenvalue weighted by atomic mass is 79.9. The van der Waals surface area contributed by atoms with E-state index in [-0.39, 0.29) is 5.91 Å². The van der Waals surface area contributed by atoms with Gasteiger partial charge in [0.2, 0.25) is 5.91 Å². The molecule has 0 unspecified atom stereocenters. The van der Waals surface area contributed by atoms with Crippen molar-refractivity contribution in [2.45, 2.75) is 30.6 Å². The Kier molecular flexibility index (Phi) is 5.00. The normalized spacial score (nSPS) is 11.3. The van der Waals surface area contributed by atoms with Crippen molar-refractivity contribution in [2.24, 2.45) is 0 Å². The van der Waals surface area contributed by atoms with Crippen LogP contribution >= 0.6 is 15.9 Å². The molecule has 1 amide bonds. The van der Waals surface area contributed by atoms with Crippen LogP contribution in [0.1, 0.15) is 20.3 Å². The molecule has 0 aromatic heterocycles. The lowest BCUT2D eigenvalue weighted by molar-refractivity contribution is -0.122. The first kappa shape index (κ1) is 11.2. The van der Waals surface area contributed by atoms with Gasteiger partial charge in [-0.1, -0.05) is 22.0 Å². The number of hydrogen-bond donors (Lipinski definition) is 1. The lowest BCUT2D eigenvalue weighted by atomic mass is 10.2. The highest BCUT2D eigenvalue weighted by Gasteiger charge is 2.22. The van der Waals surface area contributed by atoms with Gasteiger partial charge >= 0.3 is 0 Å². The summed E-state index contributed by atoms with van der Waals surface area (Å²) in [4.78, 5) is 11.2. The minimum absolute atomic E-state index is 0.0395. The van der Waals surface area contributed by atoms with Crippen LogP contribution in [-0.2, 0) is 4.79 Å². The smallest absolute Gasteiger partial charge is 0.236 e. The Hall–Kier alpha value is 0.167. The maximum atomic E-state index is 11.2. The first-order chi connectivity index (χ1) is 4.98. The first-order valence-electron chi connectivity index (χ1n) is 3.60. The monoisotopic (exact) mass is 234 g/mol. The Morgan fingerprint density at radius 1 is 1.64 bits per heavy atom. The van der Waals surface area contributed by atoms with Crippen molar-refractivity contribution in [1.29, 1.82) is 0 Å². The van der Waals surface area contributed by atoms with E-state index in [0.717, 1.165) is 19.0 Å². The van der Waals surface area contributed by atoms with Gasteiger partial charge in [0.05, 0.1) is 4.32 Å². The first-order valence-corrected chi connectivity index (χ1v) is 5.10. The number of alkyl halides is 1. The van der Waals surface area contributed by atoms with Crippen molar-refractivity contribution in [3.63, 3.8) is 0 Å². The summed E-state index contributed by atoms with van der Waals surface area (Å²) >= 11 is 3.27. The van der Waals surface area contributed by atoms with Gasteiger partial charge in [0.25, 0.3) is 0 Å². The molecule has 0 saturated heterocycles. The summed E-state index contributed by atoms with van der Waals surface area (Å²) in [7, 11) is 3.33. The molecule has 0 aromatic carbocycles. The molecule has 0 aliphatic rings. The molecule has 1 N–H and O–H groups in total. The van der Waals surface area contributed by atoms with Crippen molar-refractivity contribution in [2.75, 3.05) is 6.54 Å². The molecule has 0 aliphatic carbocycles. The van der Waals surface area contributed by atoms with E-state index in [2.05, 4.69) is 31.5 Å². The number of hydrogen-bond acceptors (Lipinski definition) is 1. The van der Waals surface area contributed by atoms with Crippen LogP contribution in [0.2, 0.25) is 6.04 Å². The van der Waals surface area contributed by atoms with Gasteiger partial charge in [-0.2, -0.15) is 0 Å². The van der Waals surface area contributed by atoms with Crippen LogP contribution in [0.5, 0.6) is 0 Å². The van der Waals surface area contributed by atoms with Gasteiger partial charge in [-0.25, -0.2) is 0 Å². The number of amides is 1. The highest BCUT2D eigenvalue weighted by molar-refractivity contribution is 9.10.